The number of fused-ring (bicyclic) bond motifs is 1. The lowest BCUT2D eigenvalue weighted by Gasteiger charge is -2.34. The van der Waals surface area contributed by atoms with E-state index in [4.69, 9.17) is 0 Å². The molecule has 0 unspecified atom stereocenters. The third-order valence-corrected chi connectivity index (χ3v) is 9.94. The summed E-state index contributed by atoms with van der Waals surface area (Å²) in [6.07, 6.45) is 3.76. The van der Waals surface area contributed by atoms with Crippen LogP contribution in [-0.2, 0) is 11.3 Å². The summed E-state index contributed by atoms with van der Waals surface area (Å²) in [5.74, 6) is -0.0990. The molecule has 2 atom stereocenters. The van der Waals surface area contributed by atoms with Crippen LogP contribution in [0.3, 0.4) is 0 Å². The fourth-order valence-electron chi connectivity index (χ4n) is 6.77. The average molecular weight is 634 g/mol. The number of piperidine rings is 1. The number of nitrogens with zero attached hydrogens (tertiary/aromatic N) is 2. The first-order chi connectivity index (χ1) is 22.3. The number of para-hydroxylation sites is 1. The molecule has 3 heterocycles. The summed E-state index contributed by atoms with van der Waals surface area (Å²) in [6.45, 7) is 6.22. The van der Waals surface area contributed by atoms with E-state index in [0.29, 0.717) is 19.0 Å². The number of carbonyl (C=O) groups is 2. The Labute approximate surface area is 275 Å². The molecule has 3 N–H and O–H groups in total. The van der Waals surface area contributed by atoms with Gasteiger partial charge in [-0.05, 0) is 96.6 Å². The smallest absolute Gasteiger partial charge is 0.318 e. The lowest BCUT2D eigenvalue weighted by atomic mass is 9.87. The van der Waals surface area contributed by atoms with Crippen LogP contribution in [0.15, 0.2) is 89.8 Å². The number of likely N-dealkylation sites (tertiary alicyclic amines) is 1. The number of aromatic nitrogens is 1. The Kier molecular flexibility index (Phi) is 9.56. The van der Waals surface area contributed by atoms with Gasteiger partial charge in [-0.1, -0.05) is 61.5 Å². The number of hydrogen-bond acceptors (Lipinski definition) is 4. The Bertz CT molecular complexity index is 1800. The van der Waals surface area contributed by atoms with Gasteiger partial charge in [0.1, 0.15) is 6.04 Å². The number of urea groups is 1. The number of H-pyrrole nitrogens is 1. The molecule has 5 aromatic rings. The summed E-state index contributed by atoms with van der Waals surface area (Å²) in [4.78, 5) is 35.6. The SMILES string of the molecule is Cc1ccccc1C1CCN(C(=O)N[C@@H](C(=O)Nc2cc(CN(C)C)ccc2-c2ccsc2)[C@@H](C)c2c[nH]c3ccccc23)CC1. The molecule has 3 amide bonds. The van der Waals surface area contributed by atoms with Crippen molar-refractivity contribution in [2.75, 3.05) is 32.5 Å². The van der Waals surface area contributed by atoms with Crippen molar-refractivity contribution < 1.29 is 9.59 Å². The van der Waals surface area contributed by atoms with E-state index in [-0.39, 0.29) is 17.9 Å². The Morgan fingerprint density at radius 3 is 2.52 bits per heavy atom. The number of thiophene rings is 1. The lowest BCUT2D eigenvalue weighted by Crippen LogP contribution is -2.53. The Balaban J connectivity index is 1.27. The maximum absolute atomic E-state index is 14.4. The van der Waals surface area contributed by atoms with Crippen molar-refractivity contribution in [2.24, 2.45) is 0 Å². The molecule has 7 nitrogen and oxygen atoms in total. The van der Waals surface area contributed by atoms with Gasteiger partial charge >= 0.3 is 6.03 Å². The van der Waals surface area contributed by atoms with E-state index in [1.54, 1.807) is 11.3 Å². The molecule has 0 aliphatic carbocycles. The molecule has 1 aliphatic heterocycles. The monoisotopic (exact) mass is 633 g/mol. The van der Waals surface area contributed by atoms with Gasteiger partial charge in [0, 0.05) is 53.9 Å². The van der Waals surface area contributed by atoms with Crippen LogP contribution in [-0.4, -0.2) is 59.9 Å². The number of aromatic amines is 1. The molecular formula is C38H43N5O2S. The number of anilines is 1. The number of rotatable bonds is 9. The van der Waals surface area contributed by atoms with E-state index in [2.05, 4.69) is 87.4 Å². The third-order valence-electron chi connectivity index (χ3n) is 9.26. The molecule has 46 heavy (non-hydrogen) atoms. The molecular weight excluding hydrogens is 591 g/mol. The number of carbonyl (C=O) groups excluding carboxylic acids is 2. The topological polar surface area (TPSA) is 80.5 Å². The predicted octanol–water partition coefficient (Wildman–Crippen LogP) is 7.97. The number of benzene rings is 3. The predicted molar refractivity (Wildman–Crippen MR) is 190 cm³/mol. The summed E-state index contributed by atoms with van der Waals surface area (Å²) in [6, 6.07) is 23.9. The number of aryl methyl sites for hydroxylation is 1. The van der Waals surface area contributed by atoms with Gasteiger partial charge in [-0.25, -0.2) is 4.79 Å². The minimum Gasteiger partial charge on any atom is -0.361 e. The summed E-state index contributed by atoms with van der Waals surface area (Å²) in [5, 5.41) is 11.6. The van der Waals surface area contributed by atoms with Gasteiger partial charge in [-0.3, -0.25) is 4.79 Å². The molecule has 1 saturated heterocycles. The van der Waals surface area contributed by atoms with Crippen LogP contribution in [0.5, 0.6) is 0 Å². The Morgan fingerprint density at radius 2 is 1.78 bits per heavy atom. The van der Waals surface area contributed by atoms with Crippen LogP contribution in [0.25, 0.3) is 22.0 Å². The summed E-state index contributed by atoms with van der Waals surface area (Å²) in [7, 11) is 4.06. The fourth-order valence-corrected chi connectivity index (χ4v) is 7.42. The number of nitrogens with one attached hydrogen (secondary N) is 3. The zero-order valence-corrected chi connectivity index (χ0v) is 27.9. The standard InChI is InChI=1S/C38H43N5O2S/c1-25-9-5-6-10-30(25)28-15-18-43(19-16-28)38(45)41-36(26(2)33-22-39-34-12-8-7-11-32(33)34)37(44)40-35-21-27(23-42(3)4)13-14-31(35)29-17-20-46-24-29/h5-14,17,20-22,24,26,28,36,39H,15-16,18-19,23H2,1-4H3,(H,40,44)(H,41,45)/t26-,36+/m0/s1. The molecule has 238 valence electrons. The quantitative estimate of drug-likeness (QED) is 0.154. The van der Waals surface area contributed by atoms with Crippen LogP contribution in [0.1, 0.15) is 53.9 Å². The van der Waals surface area contributed by atoms with Crippen molar-refractivity contribution in [3.63, 3.8) is 0 Å². The highest BCUT2D eigenvalue weighted by Crippen LogP contribution is 2.34. The minimum absolute atomic E-state index is 0.200. The minimum atomic E-state index is -0.798. The van der Waals surface area contributed by atoms with Crippen molar-refractivity contribution in [2.45, 2.75) is 51.1 Å². The lowest BCUT2D eigenvalue weighted by molar-refractivity contribution is -0.118. The Hall–Kier alpha value is -4.40. The summed E-state index contributed by atoms with van der Waals surface area (Å²) < 4.78 is 0. The van der Waals surface area contributed by atoms with Gasteiger partial charge in [-0.2, -0.15) is 11.3 Å². The third kappa shape index (κ3) is 6.88. The first-order valence-electron chi connectivity index (χ1n) is 16.1. The van der Waals surface area contributed by atoms with Gasteiger partial charge in [-0.15, -0.1) is 0 Å². The van der Waals surface area contributed by atoms with E-state index in [0.717, 1.165) is 58.2 Å². The normalized spacial score (nSPS) is 15.2. The second kappa shape index (κ2) is 13.9. The van der Waals surface area contributed by atoms with Crippen LogP contribution < -0.4 is 10.6 Å². The highest BCUT2D eigenvalue weighted by molar-refractivity contribution is 7.08. The largest absolute Gasteiger partial charge is 0.361 e. The molecule has 0 spiro atoms. The van der Waals surface area contributed by atoms with Crippen molar-refractivity contribution in [3.05, 3.63) is 112 Å². The average Bonchev–Trinajstić information content (AvgIpc) is 3.74. The maximum atomic E-state index is 14.4. The van der Waals surface area contributed by atoms with Crippen LogP contribution in [0.2, 0.25) is 0 Å². The maximum Gasteiger partial charge on any atom is 0.318 e. The fraction of sp³-hybridized carbons (Fsp3) is 0.316. The van der Waals surface area contributed by atoms with Crippen molar-refractivity contribution in [3.8, 4) is 11.1 Å². The van der Waals surface area contributed by atoms with Crippen molar-refractivity contribution in [1.82, 2.24) is 20.1 Å². The number of amides is 3. The van der Waals surface area contributed by atoms with E-state index in [1.165, 1.54) is 11.1 Å². The van der Waals surface area contributed by atoms with Crippen LogP contribution in [0.4, 0.5) is 10.5 Å². The molecule has 2 aromatic heterocycles. The zero-order chi connectivity index (χ0) is 32.2. The van der Waals surface area contributed by atoms with Gasteiger partial charge in [0.05, 0.1) is 0 Å². The molecule has 0 saturated carbocycles. The number of hydrogen-bond donors (Lipinski definition) is 3. The van der Waals surface area contributed by atoms with Crippen molar-refractivity contribution in [1.29, 1.82) is 0 Å². The van der Waals surface area contributed by atoms with Gasteiger partial charge in [0.25, 0.3) is 0 Å². The summed E-state index contributed by atoms with van der Waals surface area (Å²) >= 11 is 1.62. The second-order valence-electron chi connectivity index (χ2n) is 12.7. The zero-order valence-electron chi connectivity index (χ0n) is 27.0. The highest BCUT2D eigenvalue weighted by Gasteiger charge is 2.33. The van der Waals surface area contributed by atoms with Gasteiger partial charge in [0.15, 0.2) is 0 Å². The summed E-state index contributed by atoms with van der Waals surface area (Å²) in [5.41, 5.74) is 8.52. The van der Waals surface area contributed by atoms with E-state index < -0.39 is 6.04 Å². The van der Waals surface area contributed by atoms with E-state index in [1.807, 2.05) is 55.7 Å². The second-order valence-corrected chi connectivity index (χ2v) is 13.5. The van der Waals surface area contributed by atoms with Crippen LogP contribution >= 0.6 is 11.3 Å². The van der Waals surface area contributed by atoms with Crippen molar-refractivity contribution >= 4 is 39.9 Å². The molecule has 0 radical (unpaired) electrons. The molecule has 8 heteroatoms. The molecule has 6 rings (SSSR count). The first kappa shape index (κ1) is 31.6. The first-order valence-corrected chi connectivity index (χ1v) is 17.0. The molecule has 3 aromatic carbocycles. The van der Waals surface area contributed by atoms with Gasteiger partial charge < -0.3 is 25.4 Å². The molecule has 1 aliphatic rings. The van der Waals surface area contributed by atoms with E-state index >= 15 is 0 Å². The molecule has 0 bridgehead atoms. The molecule has 1 fully saturated rings. The van der Waals surface area contributed by atoms with Gasteiger partial charge in [0.2, 0.25) is 5.91 Å². The van der Waals surface area contributed by atoms with E-state index in [9.17, 15) is 9.59 Å². The van der Waals surface area contributed by atoms with Crippen LogP contribution in [0, 0.1) is 6.92 Å². The highest BCUT2D eigenvalue weighted by atomic mass is 32.1. The Morgan fingerprint density at radius 1 is 1.02 bits per heavy atom.